The maximum Gasteiger partial charge on any atom is 0.405 e. The minimum absolute atomic E-state index is 0.00952. The summed E-state index contributed by atoms with van der Waals surface area (Å²) in [5.74, 6) is -2.96. The Balaban J connectivity index is 1.77. The zero-order valence-corrected chi connectivity index (χ0v) is 23.3. The first-order valence-corrected chi connectivity index (χ1v) is 13.0. The molecule has 1 aliphatic rings. The lowest BCUT2D eigenvalue weighted by Crippen LogP contribution is -2.44. The number of amides is 2. The number of oxazole rings is 1. The molecule has 2 amide bonds. The first-order chi connectivity index (χ1) is 19.7. The number of carbonyl (C=O) groups excluding carboxylic acids is 2. The van der Waals surface area contributed by atoms with Crippen LogP contribution in [-0.2, 0) is 16.9 Å². The number of ether oxygens (including phenoxy) is 3. The van der Waals surface area contributed by atoms with Gasteiger partial charge in [0.2, 0.25) is 5.89 Å². The molecule has 3 aromatic rings. The number of nitrogens with zero attached hydrogens (tertiary/aromatic N) is 2. The van der Waals surface area contributed by atoms with E-state index in [0.717, 1.165) is 19.0 Å². The standard InChI is InChI=1S/C28H30F4N4O6/c1-27(2,3)28(4,42-26(33)38)22-21(23(37)35-12-18-17(30)10-16(29)11-34-18)36-24(41-22)15-7-8-19(40-25(31)32)20(9-15)39-13-14-5-6-14/h7-11,14,25H,5-6,12-13H2,1-4H3,(H2,33,38)(H,35,37). The number of benzene rings is 1. The fourth-order valence-corrected chi connectivity index (χ4v) is 3.92. The van der Waals surface area contributed by atoms with Crippen LogP contribution in [0, 0.1) is 23.0 Å². The van der Waals surface area contributed by atoms with Crippen molar-refractivity contribution in [3.05, 3.63) is 59.2 Å². The Morgan fingerprint density at radius 1 is 1.14 bits per heavy atom. The molecule has 2 aromatic heterocycles. The molecule has 10 nitrogen and oxygen atoms in total. The zero-order chi connectivity index (χ0) is 30.8. The fourth-order valence-electron chi connectivity index (χ4n) is 3.92. The summed E-state index contributed by atoms with van der Waals surface area (Å²) in [6.45, 7) is 3.35. The number of alkyl halides is 2. The molecular formula is C28H30F4N4O6. The maximum absolute atomic E-state index is 14.1. The minimum Gasteiger partial charge on any atom is -0.489 e. The minimum atomic E-state index is -3.10. The molecule has 226 valence electrons. The third-order valence-corrected chi connectivity index (χ3v) is 6.89. The summed E-state index contributed by atoms with van der Waals surface area (Å²) in [4.78, 5) is 33.3. The van der Waals surface area contributed by atoms with Gasteiger partial charge in [0.1, 0.15) is 11.6 Å². The number of halogens is 4. The van der Waals surface area contributed by atoms with Crippen LogP contribution in [0.2, 0.25) is 0 Å². The van der Waals surface area contributed by atoms with Gasteiger partial charge in [-0.05, 0) is 43.9 Å². The van der Waals surface area contributed by atoms with Crippen molar-refractivity contribution in [1.82, 2.24) is 15.3 Å². The molecular weight excluding hydrogens is 564 g/mol. The molecule has 1 saturated carbocycles. The Kier molecular flexibility index (Phi) is 8.64. The molecule has 42 heavy (non-hydrogen) atoms. The van der Waals surface area contributed by atoms with Crippen LogP contribution in [0.4, 0.5) is 22.4 Å². The Bertz CT molecular complexity index is 1470. The molecule has 1 fully saturated rings. The van der Waals surface area contributed by atoms with E-state index in [1.165, 1.54) is 25.1 Å². The van der Waals surface area contributed by atoms with Gasteiger partial charge < -0.3 is 29.7 Å². The maximum atomic E-state index is 14.1. The van der Waals surface area contributed by atoms with Crippen molar-refractivity contribution < 1.29 is 45.8 Å². The van der Waals surface area contributed by atoms with E-state index in [1.54, 1.807) is 20.8 Å². The van der Waals surface area contributed by atoms with E-state index in [4.69, 9.17) is 19.6 Å². The average molecular weight is 595 g/mol. The Morgan fingerprint density at radius 2 is 1.86 bits per heavy atom. The SMILES string of the molecule is CC(C)(C)C(C)(OC(N)=O)c1oc(-c2ccc(OC(F)F)c(OCC3CC3)c2)nc1C(=O)NCc1ncc(F)cc1F. The van der Waals surface area contributed by atoms with Crippen molar-refractivity contribution in [2.45, 2.75) is 59.3 Å². The molecule has 3 N–H and O–H groups in total. The molecule has 0 spiro atoms. The summed E-state index contributed by atoms with van der Waals surface area (Å²) in [6.07, 6.45) is 1.55. The lowest BCUT2D eigenvalue weighted by molar-refractivity contribution is -0.0707. The summed E-state index contributed by atoms with van der Waals surface area (Å²) in [5, 5.41) is 2.45. The topological polar surface area (TPSA) is 139 Å². The molecule has 14 heteroatoms. The van der Waals surface area contributed by atoms with E-state index in [-0.39, 0.29) is 46.7 Å². The van der Waals surface area contributed by atoms with Crippen molar-refractivity contribution in [3.63, 3.8) is 0 Å². The Morgan fingerprint density at radius 3 is 2.45 bits per heavy atom. The molecule has 0 saturated heterocycles. The van der Waals surface area contributed by atoms with Gasteiger partial charge in [0.05, 0.1) is 25.0 Å². The average Bonchev–Trinajstić information content (AvgIpc) is 3.61. The van der Waals surface area contributed by atoms with Crippen LogP contribution in [0.25, 0.3) is 11.5 Å². The number of aromatic nitrogens is 2. The lowest BCUT2D eigenvalue weighted by atomic mass is 9.75. The molecule has 0 radical (unpaired) electrons. The fraction of sp³-hybridized carbons (Fsp3) is 0.429. The van der Waals surface area contributed by atoms with Crippen LogP contribution in [0.5, 0.6) is 11.5 Å². The van der Waals surface area contributed by atoms with Crippen molar-refractivity contribution >= 4 is 12.0 Å². The predicted molar refractivity (Wildman–Crippen MR) is 140 cm³/mol. The lowest BCUT2D eigenvalue weighted by Gasteiger charge is -2.38. The van der Waals surface area contributed by atoms with Gasteiger partial charge in [0.25, 0.3) is 5.91 Å². The van der Waals surface area contributed by atoms with Crippen LogP contribution >= 0.6 is 0 Å². The summed E-state index contributed by atoms with van der Waals surface area (Å²) in [7, 11) is 0. The highest BCUT2D eigenvalue weighted by atomic mass is 19.3. The number of rotatable bonds is 11. The van der Waals surface area contributed by atoms with Crippen LogP contribution in [0.15, 0.2) is 34.9 Å². The second-order valence-corrected chi connectivity index (χ2v) is 11.0. The van der Waals surface area contributed by atoms with Crippen LogP contribution in [0.1, 0.15) is 62.5 Å². The monoisotopic (exact) mass is 594 g/mol. The number of primary amides is 1. The number of nitrogens with two attached hydrogens (primary N) is 1. The van der Waals surface area contributed by atoms with Crippen molar-refractivity contribution in [2.24, 2.45) is 17.1 Å². The largest absolute Gasteiger partial charge is 0.489 e. The smallest absolute Gasteiger partial charge is 0.405 e. The quantitative estimate of drug-likeness (QED) is 0.270. The van der Waals surface area contributed by atoms with Gasteiger partial charge in [-0.15, -0.1) is 0 Å². The summed E-state index contributed by atoms with van der Waals surface area (Å²) < 4.78 is 75.2. The predicted octanol–water partition coefficient (Wildman–Crippen LogP) is 5.69. The zero-order valence-electron chi connectivity index (χ0n) is 23.3. The normalized spacial score (nSPS) is 14.8. The first-order valence-electron chi connectivity index (χ1n) is 13.0. The van der Waals surface area contributed by atoms with Gasteiger partial charge in [-0.1, -0.05) is 20.8 Å². The van der Waals surface area contributed by atoms with Gasteiger partial charge in [0, 0.05) is 17.0 Å². The second kappa shape index (κ2) is 11.9. The molecule has 1 aliphatic carbocycles. The third kappa shape index (κ3) is 6.92. The first kappa shape index (κ1) is 30.6. The second-order valence-electron chi connectivity index (χ2n) is 11.0. The van der Waals surface area contributed by atoms with Gasteiger partial charge in [-0.2, -0.15) is 8.78 Å². The van der Waals surface area contributed by atoms with Crippen molar-refractivity contribution in [1.29, 1.82) is 0 Å². The molecule has 4 rings (SSSR count). The van der Waals surface area contributed by atoms with Crippen molar-refractivity contribution in [2.75, 3.05) is 6.61 Å². The highest BCUT2D eigenvalue weighted by Gasteiger charge is 2.49. The number of pyridine rings is 1. The van der Waals surface area contributed by atoms with E-state index >= 15 is 0 Å². The van der Waals surface area contributed by atoms with Gasteiger partial charge in [-0.3, -0.25) is 9.78 Å². The molecule has 1 atom stereocenters. The van der Waals surface area contributed by atoms with Gasteiger partial charge in [-0.25, -0.2) is 18.6 Å². The number of hydrogen-bond acceptors (Lipinski definition) is 8. The van der Waals surface area contributed by atoms with Crippen molar-refractivity contribution in [3.8, 4) is 23.0 Å². The van der Waals surface area contributed by atoms with Crippen LogP contribution < -0.4 is 20.5 Å². The summed E-state index contributed by atoms with van der Waals surface area (Å²) in [6, 6.07) is 4.62. The van der Waals surface area contributed by atoms with Crippen LogP contribution in [0.3, 0.4) is 0 Å². The van der Waals surface area contributed by atoms with E-state index in [0.29, 0.717) is 12.0 Å². The van der Waals surface area contributed by atoms with E-state index in [1.807, 2.05) is 0 Å². The Labute approximate surface area is 238 Å². The summed E-state index contributed by atoms with van der Waals surface area (Å²) >= 11 is 0. The Hall–Kier alpha value is -4.36. The highest BCUT2D eigenvalue weighted by Crippen LogP contribution is 2.45. The molecule has 1 unspecified atom stereocenters. The molecule has 2 heterocycles. The van der Waals surface area contributed by atoms with Crippen LogP contribution in [-0.4, -0.2) is 35.2 Å². The van der Waals surface area contributed by atoms with E-state index < -0.39 is 47.8 Å². The highest BCUT2D eigenvalue weighted by molar-refractivity contribution is 5.94. The number of nitrogens with one attached hydrogen (secondary N) is 1. The van der Waals surface area contributed by atoms with E-state index in [9.17, 15) is 27.2 Å². The van der Waals surface area contributed by atoms with Gasteiger partial charge in [0.15, 0.2) is 28.6 Å². The molecule has 1 aromatic carbocycles. The third-order valence-electron chi connectivity index (χ3n) is 6.89. The van der Waals surface area contributed by atoms with Gasteiger partial charge >= 0.3 is 12.7 Å². The number of carbonyl (C=O) groups is 2. The number of hydrogen-bond donors (Lipinski definition) is 2. The summed E-state index contributed by atoms with van der Waals surface area (Å²) in [5.41, 5.74) is 2.45. The molecule has 0 aliphatic heterocycles. The molecule has 0 bridgehead atoms. The van der Waals surface area contributed by atoms with E-state index in [2.05, 4.69) is 20.0 Å².